The van der Waals surface area contributed by atoms with Gasteiger partial charge >= 0.3 is 0 Å². The van der Waals surface area contributed by atoms with E-state index in [1.54, 1.807) is 4.80 Å². The van der Waals surface area contributed by atoms with E-state index in [4.69, 9.17) is 0 Å². The molecule has 0 N–H and O–H groups in total. The molecule has 1 aromatic heterocycles. The van der Waals surface area contributed by atoms with Crippen LogP contribution in [0.25, 0.3) is 0 Å². The van der Waals surface area contributed by atoms with Crippen molar-refractivity contribution in [2.45, 2.75) is 31.1 Å². The lowest BCUT2D eigenvalue weighted by Crippen LogP contribution is -2.37. The number of fused-ring (bicyclic) bond motifs is 1. The predicted octanol–water partition coefficient (Wildman–Crippen LogP) is 2.40. The van der Waals surface area contributed by atoms with E-state index in [0.29, 0.717) is 6.04 Å². The minimum Gasteiger partial charge on any atom is -0.362 e. The summed E-state index contributed by atoms with van der Waals surface area (Å²) in [5, 5.41) is 13.2. The predicted molar refractivity (Wildman–Crippen MR) is 85.7 cm³/mol. The van der Waals surface area contributed by atoms with Crippen LogP contribution in [0.1, 0.15) is 12.5 Å². The van der Waals surface area contributed by atoms with E-state index in [0.717, 1.165) is 30.2 Å². The normalized spacial score (nSPS) is 17.0. The molecule has 1 atom stereocenters. The van der Waals surface area contributed by atoms with Crippen molar-refractivity contribution in [3.63, 3.8) is 0 Å². The van der Waals surface area contributed by atoms with E-state index >= 15 is 0 Å². The third-order valence-electron chi connectivity index (χ3n) is 3.63. The Labute approximate surface area is 129 Å². The number of aromatic nitrogens is 4. The van der Waals surface area contributed by atoms with E-state index < -0.39 is 0 Å². The van der Waals surface area contributed by atoms with Crippen LogP contribution in [0.15, 0.2) is 41.6 Å². The van der Waals surface area contributed by atoms with Crippen molar-refractivity contribution in [1.29, 1.82) is 0 Å². The largest absolute Gasteiger partial charge is 0.362 e. The van der Waals surface area contributed by atoms with Gasteiger partial charge in [-0.3, -0.25) is 0 Å². The Morgan fingerprint density at radius 2 is 2.24 bits per heavy atom. The first-order valence-electron chi connectivity index (χ1n) is 6.98. The van der Waals surface area contributed by atoms with Gasteiger partial charge in [0, 0.05) is 12.2 Å². The number of hydrogen-bond donors (Lipinski definition) is 0. The van der Waals surface area contributed by atoms with Crippen molar-refractivity contribution in [1.82, 2.24) is 20.2 Å². The van der Waals surface area contributed by atoms with E-state index in [1.165, 1.54) is 23.0 Å². The van der Waals surface area contributed by atoms with E-state index in [1.807, 2.05) is 6.26 Å². The Morgan fingerprint density at radius 3 is 2.95 bits per heavy atom. The highest BCUT2D eigenvalue weighted by Gasteiger charge is 2.29. The number of tetrazole rings is 1. The second kappa shape index (κ2) is 5.89. The molecule has 5 nitrogen and oxygen atoms in total. The highest BCUT2D eigenvalue weighted by molar-refractivity contribution is 7.98. The molecule has 2 aromatic rings. The van der Waals surface area contributed by atoms with Crippen molar-refractivity contribution < 1.29 is 0 Å². The van der Waals surface area contributed by atoms with Crippen molar-refractivity contribution in [3.05, 3.63) is 42.0 Å². The van der Waals surface area contributed by atoms with Gasteiger partial charge in [-0.15, -0.1) is 10.2 Å². The summed E-state index contributed by atoms with van der Waals surface area (Å²) in [6.45, 7) is 7.73. The standard InChI is InChI=1S/C15H19N5S/c1-11(2)9-19-13(8-12-6-4-5-7-14(12)19)10-20-17-15(21-3)16-18-20/h4-7,13H,1,8-10H2,2-3H3/t13-/m0/s1. The number of para-hydroxylation sites is 1. The number of thioether (sulfide) groups is 1. The monoisotopic (exact) mass is 301 g/mol. The smallest absolute Gasteiger partial charge is 0.230 e. The summed E-state index contributed by atoms with van der Waals surface area (Å²) in [5.74, 6) is 0. The summed E-state index contributed by atoms with van der Waals surface area (Å²) < 4.78 is 0. The van der Waals surface area contributed by atoms with Gasteiger partial charge in [0.25, 0.3) is 0 Å². The maximum Gasteiger partial charge on any atom is 0.230 e. The topological polar surface area (TPSA) is 46.8 Å². The molecule has 1 aliphatic rings. The van der Waals surface area contributed by atoms with Crippen LogP contribution >= 0.6 is 11.8 Å². The van der Waals surface area contributed by atoms with Crippen LogP contribution in [0, 0.1) is 0 Å². The Hall–Kier alpha value is -1.82. The van der Waals surface area contributed by atoms with Crippen molar-refractivity contribution in [2.24, 2.45) is 0 Å². The molecule has 0 saturated carbocycles. The molecular formula is C15H19N5S. The molecule has 0 amide bonds. The van der Waals surface area contributed by atoms with Gasteiger partial charge in [0.05, 0.1) is 12.6 Å². The molecule has 0 bridgehead atoms. The molecular weight excluding hydrogens is 282 g/mol. The zero-order valence-electron chi connectivity index (χ0n) is 12.4. The van der Waals surface area contributed by atoms with Crippen LogP contribution in [0.5, 0.6) is 0 Å². The average molecular weight is 301 g/mol. The van der Waals surface area contributed by atoms with Gasteiger partial charge in [-0.05, 0) is 36.4 Å². The third kappa shape index (κ3) is 2.95. The minimum absolute atomic E-state index is 0.350. The Morgan fingerprint density at radius 1 is 1.43 bits per heavy atom. The van der Waals surface area contributed by atoms with Crippen LogP contribution in [-0.2, 0) is 13.0 Å². The Kier molecular flexibility index (Phi) is 3.96. The van der Waals surface area contributed by atoms with Gasteiger partial charge in [0.15, 0.2) is 0 Å². The highest BCUT2D eigenvalue weighted by Crippen LogP contribution is 2.32. The molecule has 1 aromatic carbocycles. The van der Waals surface area contributed by atoms with E-state index in [2.05, 4.69) is 58.1 Å². The summed E-state index contributed by atoms with van der Waals surface area (Å²) in [7, 11) is 0. The molecule has 110 valence electrons. The lowest BCUT2D eigenvalue weighted by atomic mass is 10.1. The van der Waals surface area contributed by atoms with Crippen molar-refractivity contribution in [3.8, 4) is 0 Å². The van der Waals surface area contributed by atoms with Crippen LogP contribution in [0.3, 0.4) is 0 Å². The second-order valence-electron chi connectivity index (χ2n) is 5.40. The number of benzene rings is 1. The molecule has 0 spiro atoms. The van der Waals surface area contributed by atoms with Crippen LogP contribution in [0.2, 0.25) is 0 Å². The molecule has 21 heavy (non-hydrogen) atoms. The number of nitrogens with zero attached hydrogens (tertiary/aromatic N) is 5. The first kappa shape index (κ1) is 14.1. The van der Waals surface area contributed by atoms with Gasteiger partial charge in [-0.25, -0.2) is 0 Å². The highest BCUT2D eigenvalue weighted by atomic mass is 32.2. The fourth-order valence-electron chi connectivity index (χ4n) is 2.77. The third-order valence-corrected chi connectivity index (χ3v) is 4.16. The number of anilines is 1. The molecule has 0 saturated heterocycles. The van der Waals surface area contributed by atoms with Crippen molar-refractivity contribution >= 4 is 17.4 Å². The van der Waals surface area contributed by atoms with Crippen molar-refractivity contribution in [2.75, 3.05) is 17.7 Å². The molecule has 0 radical (unpaired) electrons. The van der Waals surface area contributed by atoms with Gasteiger partial charge in [-0.2, -0.15) is 4.80 Å². The number of hydrogen-bond acceptors (Lipinski definition) is 5. The average Bonchev–Trinajstić information content (AvgIpc) is 3.05. The van der Waals surface area contributed by atoms with Gasteiger partial charge in [-0.1, -0.05) is 42.1 Å². The second-order valence-corrected chi connectivity index (χ2v) is 6.18. The van der Waals surface area contributed by atoms with Gasteiger partial charge in [0.2, 0.25) is 5.16 Å². The quantitative estimate of drug-likeness (QED) is 0.627. The molecule has 3 rings (SSSR count). The van der Waals surface area contributed by atoms with E-state index in [9.17, 15) is 0 Å². The first-order valence-corrected chi connectivity index (χ1v) is 8.20. The SMILES string of the molecule is C=C(C)CN1c2ccccc2C[C@H]1Cn1nnc(SC)n1. The molecule has 6 heteroatoms. The lowest BCUT2D eigenvalue weighted by Gasteiger charge is -2.27. The zero-order chi connectivity index (χ0) is 14.8. The molecule has 1 aliphatic heterocycles. The maximum absolute atomic E-state index is 4.38. The fraction of sp³-hybridized carbons (Fsp3) is 0.400. The minimum atomic E-state index is 0.350. The lowest BCUT2D eigenvalue weighted by molar-refractivity contribution is 0.444. The fourth-order valence-corrected chi connectivity index (χ4v) is 3.06. The summed E-state index contributed by atoms with van der Waals surface area (Å²) >= 11 is 1.51. The van der Waals surface area contributed by atoms with Crippen LogP contribution < -0.4 is 4.90 Å². The molecule has 0 fully saturated rings. The van der Waals surface area contributed by atoms with E-state index in [-0.39, 0.29) is 0 Å². The Balaban J connectivity index is 1.82. The maximum atomic E-state index is 4.38. The summed E-state index contributed by atoms with van der Waals surface area (Å²) in [6.07, 6.45) is 2.97. The Bertz CT molecular complexity index is 651. The first-order chi connectivity index (χ1) is 10.2. The van der Waals surface area contributed by atoms with Crippen LogP contribution in [0.4, 0.5) is 5.69 Å². The molecule has 2 heterocycles. The van der Waals surface area contributed by atoms with Gasteiger partial charge in [0.1, 0.15) is 0 Å². The summed E-state index contributed by atoms with van der Waals surface area (Å²) in [5.41, 5.74) is 3.85. The van der Waals surface area contributed by atoms with Gasteiger partial charge < -0.3 is 4.90 Å². The number of rotatable bonds is 5. The van der Waals surface area contributed by atoms with Crippen LogP contribution in [-0.4, -0.2) is 39.0 Å². The zero-order valence-corrected chi connectivity index (χ0v) is 13.2. The summed E-state index contributed by atoms with van der Waals surface area (Å²) in [4.78, 5) is 4.10. The summed E-state index contributed by atoms with van der Waals surface area (Å²) in [6, 6.07) is 8.91. The molecule has 0 unspecified atom stereocenters. The molecule has 0 aliphatic carbocycles.